The van der Waals surface area contributed by atoms with Gasteiger partial charge in [0.2, 0.25) is 0 Å². The van der Waals surface area contributed by atoms with E-state index in [0.29, 0.717) is 0 Å². The van der Waals surface area contributed by atoms with Crippen LogP contribution in [0.3, 0.4) is 0 Å². The van der Waals surface area contributed by atoms with E-state index in [-0.39, 0.29) is 0 Å². The maximum absolute atomic E-state index is 9.56. The van der Waals surface area contributed by atoms with Gasteiger partial charge >= 0.3 is 0 Å². The van der Waals surface area contributed by atoms with Crippen LogP contribution in [0.2, 0.25) is 0 Å². The molecule has 2 nitrogen and oxygen atoms in total. The van der Waals surface area contributed by atoms with Gasteiger partial charge in [0.25, 0.3) is 0 Å². The van der Waals surface area contributed by atoms with E-state index >= 15 is 0 Å². The number of aliphatic hydroxyl groups is 1. The molecule has 1 N–H and O–H groups in total. The van der Waals surface area contributed by atoms with Crippen LogP contribution in [0.4, 0.5) is 0 Å². The summed E-state index contributed by atoms with van der Waals surface area (Å²) >= 11 is 3.44. The summed E-state index contributed by atoms with van der Waals surface area (Å²) in [6, 6.07) is 13.5. The first-order chi connectivity index (χ1) is 8.58. The van der Waals surface area contributed by atoms with Crippen molar-refractivity contribution < 1.29 is 9.84 Å². The highest BCUT2D eigenvalue weighted by atomic mass is 79.9. The Kier molecular flexibility index (Phi) is 4.04. The molecular weight excluding hydrogens is 292 g/mol. The zero-order chi connectivity index (χ0) is 13.1. The Morgan fingerprint density at radius 3 is 2.50 bits per heavy atom. The molecule has 0 aliphatic heterocycles. The number of hydrogen-bond acceptors (Lipinski definition) is 2. The van der Waals surface area contributed by atoms with Gasteiger partial charge in [0.1, 0.15) is 11.5 Å². The van der Waals surface area contributed by atoms with Crippen LogP contribution in [0.1, 0.15) is 24.2 Å². The van der Waals surface area contributed by atoms with E-state index in [1.54, 1.807) is 6.92 Å². The van der Waals surface area contributed by atoms with Gasteiger partial charge < -0.3 is 9.84 Å². The fraction of sp³-hybridized carbons (Fsp3) is 0.200. The first kappa shape index (κ1) is 13.1. The summed E-state index contributed by atoms with van der Waals surface area (Å²) in [6.45, 7) is 3.75. The Morgan fingerprint density at radius 2 is 1.89 bits per heavy atom. The Morgan fingerprint density at radius 1 is 1.17 bits per heavy atom. The fourth-order valence-electron chi connectivity index (χ4n) is 1.71. The predicted octanol–water partition coefficient (Wildman–Crippen LogP) is 4.60. The predicted molar refractivity (Wildman–Crippen MR) is 76.0 cm³/mol. The molecule has 0 spiro atoms. The van der Waals surface area contributed by atoms with Crippen molar-refractivity contribution in [3.63, 3.8) is 0 Å². The molecule has 0 radical (unpaired) electrons. The number of aliphatic hydroxyl groups excluding tert-OH is 1. The zero-order valence-electron chi connectivity index (χ0n) is 10.4. The summed E-state index contributed by atoms with van der Waals surface area (Å²) in [5.74, 6) is 1.59. The average Bonchev–Trinajstić information content (AvgIpc) is 2.32. The van der Waals surface area contributed by atoms with E-state index in [9.17, 15) is 5.11 Å². The largest absolute Gasteiger partial charge is 0.457 e. The molecule has 0 saturated heterocycles. The van der Waals surface area contributed by atoms with Gasteiger partial charge in [0.15, 0.2) is 0 Å². The summed E-state index contributed by atoms with van der Waals surface area (Å²) in [5.41, 5.74) is 1.94. The van der Waals surface area contributed by atoms with Crippen molar-refractivity contribution in [3.05, 3.63) is 58.1 Å². The summed E-state index contributed by atoms with van der Waals surface area (Å²) in [5, 5.41) is 9.56. The van der Waals surface area contributed by atoms with Crippen LogP contribution in [0, 0.1) is 6.92 Å². The Labute approximate surface area is 115 Å². The lowest BCUT2D eigenvalue weighted by Crippen LogP contribution is -1.93. The molecule has 0 bridgehead atoms. The molecule has 0 aliphatic carbocycles. The summed E-state index contributed by atoms with van der Waals surface area (Å²) < 4.78 is 6.66. The number of halogens is 1. The Balaban J connectivity index is 2.26. The van der Waals surface area contributed by atoms with Crippen LogP contribution in [0.5, 0.6) is 11.5 Å². The molecule has 2 rings (SSSR count). The third-order valence-corrected chi connectivity index (χ3v) is 3.43. The topological polar surface area (TPSA) is 29.5 Å². The molecule has 94 valence electrons. The van der Waals surface area contributed by atoms with Gasteiger partial charge in [-0.3, -0.25) is 0 Å². The highest BCUT2D eigenvalue weighted by Crippen LogP contribution is 2.31. The van der Waals surface area contributed by atoms with Crippen molar-refractivity contribution in [1.82, 2.24) is 0 Å². The Bertz CT molecular complexity index is 550. The minimum Gasteiger partial charge on any atom is -0.457 e. The van der Waals surface area contributed by atoms with Gasteiger partial charge in [-0.15, -0.1) is 0 Å². The van der Waals surface area contributed by atoms with Crippen molar-refractivity contribution in [1.29, 1.82) is 0 Å². The quantitative estimate of drug-likeness (QED) is 0.897. The van der Waals surface area contributed by atoms with Gasteiger partial charge in [-0.25, -0.2) is 0 Å². The maximum atomic E-state index is 9.56. The SMILES string of the molecule is Cc1ccccc1Oc1ccc([C@H](C)O)c(Br)c1. The van der Waals surface area contributed by atoms with E-state index in [4.69, 9.17) is 4.74 Å². The monoisotopic (exact) mass is 306 g/mol. The molecule has 0 fully saturated rings. The molecule has 18 heavy (non-hydrogen) atoms. The van der Waals surface area contributed by atoms with Crippen LogP contribution < -0.4 is 4.74 Å². The number of hydrogen-bond donors (Lipinski definition) is 1. The van der Waals surface area contributed by atoms with Gasteiger partial charge in [-0.2, -0.15) is 0 Å². The summed E-state index contributed by atoms with van der Waals surface area (Å²) in [4.78, 5) is 0. The maximum Gasteiger partial charge on any atom is 0.130 e. The lowest BCUT2D eigenvalue weighted by molar-refractivity contribution is 0.198. The highest BCUT2D eigenvalue weighted by molar-refractivity contribution is 9.10. The van der Waals surface area contributed by atoms with E-state index in [2.05, 4.69) is 15.9 Å². The second-order valence-corrected chi connectivity index (χ2v) is 5.08. The van der Waals surface area contributed by atoms with Crippen molar-refractivity contribution in [2.24, 2.45) is 0 Å². The normalized spacial score (nSPS) is 12.2. The van der Waals surface area contributed by atoms with E-state index in [0.717, 1.165) is 27.1 Å². The van der Waals surface area contributed by atoms with E-state index < -0.39 is 6.10 Å². The number of benzene rings is 2. The molecule has 2 aromatic carbocycles. The van der Waals surface area contributed by atoms with Gasteiger partial charge in [0, 0.05) is 4.47 Å². The first-order valence-electron chi connectivity index (χ1n) is 5.79. The molecule has 0 heterocycles. The molecular formula is C15H15BrO2. The van der Waals surface area contributed by atoms with Crippen molar-refractivity contribution in [2.75, 3.05) is 0 Å². The molecule has 0 aliphatic rings. The van der Waals surface area contributed by atoms with Crippen LogP contribution in [0.25, 0.3) is 0 Å². The highest BCUT2D eigenvalue weighted by Gasteiger charge is 2.08. The smallest absolute Gasteiger partial charge is 0.130 e. The third-order valence-electron chi connectivity index (χ3n) is 2.74. The molecule has 0 aromatic heterocycles. The average molecular weight is 307 g/mol. The van der Waals surface area contributed by atoms with Gasteiger partial charge in [0.05, 0.1) is 6.10 Å². The minimum atomic E-state index is -0.494. The summed E-state index contributed by atoms with van der Waals surface area (Å²) in [7, 11) is 0. The number of aryl methyl sites for hydroxylation is 1. The van der Waals surface area contributed by atoms with E-state index in [1.807, 2.05) is 49.4 Å². The van der Waals surface area contributed by atoms with E-state index in [1.165, 1.54) is 0 Å². The molecule has 0 unspecified atom stereocenters. The molecule has 3 heteroatoms. The second-order valence-electron chi connectivity index (χ2n) is 4.23. The standard InChI is InChI=1S/C15H15BrO2/c1-10-5-3-4-6-15(10)18-12-7-8-13(11(2)17)14(16)9-12/h3-9,11,17H,1-2H3/t11-/m0/s1. The second kappa shape index (κ2) is 5.55. The van der Waals surface area contributed by atoms with Crippen molar-refractivity contribution in [3.8, 4) is 11.5 Å². The number of para-hydroxylation sites is 1. The molecule has 0 amide bonds. The fourth-order valence-corrected chi connectivity index (χ4v) is 2.40. The number of rotatable bonds is 3. The van der Waals surface area contributed by atoms with Crippen molar-refractivity contribution >= 4 is 15.9 Å². The third kappa shape index (κ3) is 2.92. The molecule has 2 aromatic rings. The minimum absolute atomic E-state index is 0.494. The van der Waals surface area contributed by atoms with Crippen LogP contribution in [-0.4, -0.2) is 5.11 Å². The van der Waals surface area contributed by atoms with Gasteiger partial charge in [-0.1, -0.05) is 40.2 Å². The molecule has 0 saturated carbocycles. The van der Waals surface area contributed by atoms with Crippen molar-refractivity contribution in [2.45, 2.75) is 20.0 Å². The van der Waals surface area contributed by atoms with Crippen LogP contribution >= 0.6 is 15.9 Å². The Hall–Kier alpha value is -1.32. The molecule has 1 atom stereocenters. The van der Waals surface area contributed by atoms with Gasteiger partial charge in [-0.05, 0) is 43.2 Å². The lowest BCUT2D eigenvalue weighted by atomic mass is 10.1. The lowest BCUT2D eigenvalue weighted by Gasteiger charge is -2.12. The zero-order valence-corrected chi connectivity index (χ0v) is 11.9. The first-order valence-corrected chi connectivity index (χ1v) is 6.58. The van der Waals surface area contributed by atoms with Crippen LogP contribution in [-0.2, 0) is 0 Å². The summed E-state index contributed by atoms with van der Waals surface area (Å²) in [6.07, 6.45) is -0.494. The number of ether oxygens (including phenoxy) is 1. The van der Waals surface area contributed by atoms with Crippen LogP contribution in [0.15, 0.2) is 46.9 Å².